The Kier molecular flexibility index (Phi) is 6.26. The predicted molar refractivity (Wildman–Crippen MR) is 76.4 cm³/mol. The highest BCUT2D eigenvalue weighted by Crippen LogP contribution is 2.29. The fraction of sp³-hybridized carbons (Fsp3) is 0.417. The quantitative estimate of drug-likeness (QED) is 0.744. The van der Waals surface area contributed by atoms with Gasteiger partial charge in [0.05, 0.1) is 26.3 Å². The molecule has 0 aliphatic rings. The molecule has 2 N–H and O–H groups in total. The number of aliphatic hydroxyl groups excluding tert-OH is 1. The molecule has 0 amide bonds. The molecule has 20 heavy (non-hydrogen) atoms. The van der Waals surface area contributed by atoms with Crippen molar-refractivity contribution in [1.29, 1.82) is 0 Å². The number of carbonyl (C=O) groups is 1. The summed E-state index contributed by atoms with van der Waals surface area (Å²) in [6.07, 6.45) is 1.45. The third kappa shape index (κ3) is 4.34. The molecule has 0 aliphatic heterocycles. The number of unbranched alkanes of at least 4 members (excludes halogenated alkanes) is 2. The molecule has 0 saturated heterocycles. The molecule has 0 spiro atoms. The maximum Gasteiger partial charge on any atom is 0.337 e. The molecule has 0 atom stereocenters. The van der Waals surface area contributed by atoms with Gasteiger partial charge in [-0.2, -0.15) is 0 Å². The van der Waals surface area contributed by atoms with Crippen molar-refractivity contribution in [1.82, 2.24) is 0 Å². The third-order valence-electron chi connectivity index (χ3n) is 2.66. The van der Waals surface area contributed by atoms with Gasteiger partial charge in [0.2, 0.25) is 0 Å². The van der Waals surface area contributed by atoms with Gasteiger partial charge in [-0.15, -0.1) is 0 Å². The molecule has 0 unspecified atom stereocenters. The van der Waals surface area contributed by atoms with Crippen LogP contribution in [-0.4, -0.2) is 37.0 Å². The average Bonchev–Trinajstić information content (AvgIpc) is 2.33. The van der Waals surface area contributed by atoms with E-state index in [0.29, 0.717) is 19.3 Å². The Morgan fingerprint density at radius 3 is 2.30 bits per heavy atom. The summed E-state index contributed by atoms with van der Waals surface area (Å²) in [4.78, 5) is 10.7. The van der Waals surface area contributed by atoms with Crippen molar-refractivity contribution < 1.29 is 23.4 Å². The van der Waals surface area contributed by atoms with Crippen molar-refractivity contribution in [2.45, 2.75) is 24.2 Å². The lowest BCUT2D eigenvalue weighted by molar-refractivity contribution is 0.0697. The molecule has 1 rings (SSSR count). The van der Waals surface area contributed by atoms with E-state index < -0.39 is 15.8 Å². The first-order valence-corrected chi connectivity index (χ1v) is 8.26. The van der Waals surface area contributed by atoms with Crippen LogP contribution in [0.4, 0.5) is 0 Å². The van der Waals surface area contributed by atoms with Gasteiger partial charge in [0.25, 0.3) is 0 Å². The summed E-state index contributed by atoms with van der Waals surface area (Å²) in [7, 11) is -3.68. The molecule has 0 aliphatic carbocycles. The van der Waals surface area contributed by atoms with Crippen molar-refractivity contribution in [3.63, 3.8) is 0 Å². The number of rotatable bonds is 7. The fourth-order valence-corrected chi connectivity index (χ4v) is 3.90. The second-order valence-corrected chi connectivity index (χ2v) is 7.06. The summed E-state index contributed by atoms with van der Waals surface area (Å²) in [5.41, 5.74) is -0.301. The summed E-state index contributed by atoms with van der Waals surface area (Å²) in [6.45, 7) is 0.00487. The molecule has 0 fully saturated rings. The highest BCUT2D eigenvalue weighted by Gasteiger charge is 2.22. The highest BCUT2D eigenvalue weighted by atomic mass is 35.5. The van der Waals surface area contributed by atoms with Gasteiger partial charge in [0.15, 0.2) is 9.84 Å². The van der Waals surface area contributed by atoms with Crippen LogP contribution in [0.5, 0.6) is 0 Å². The number of carboxylic acid groups (broad SMARTS) is 1. The maximum atomic E-state index is 12.1. The number of halogens is 2. The molecule has 0 radical (unpaired) electrons. The van der Waals surface area contributed by atoms with Crippen molar-refractivity contribution in [3.8, 4) is 0 Å². The number of aromatic carboxylic acids is 1. The first kappa shape index (κ1) is 17.2. The summed E-state index contributed by atoms with van der Waals surface area (Å²) >= 11 is 11.5. The SMILES string of the molecule is O=C(O)c1cc(S(=O)(=O)CCCCCO)c(Cl)cc1Cl. The average molecular weight is 341 g/mol. The normalized spacial score (nSPS) is 11.6. The third-order valence-corrected chi connectivity index (χ3v) is 5.23. The molecule has 0 saturated carbocycles. The van der Waals surface area contributed by atoms with Gasteiger partial charge in [0, 0.05) is 6.61 Å². The number of sulfone groups is 1. The monoisotopic (exact) mass is 340 g/mol. The summed E-state index contributed by atoms with van der Waals surface area (Å²) in [5, 5.41) is 17.4. The van der Waals surface area contributed by atoms with Gasteiger partial charge < -0.3 is 10.2 Å². The highest BCUT2D eigenvalue weighted by molar-refractivity contribution is 7.91. The second kappa shape index (κ2) is 7.26. The minimum absolute atomic E-state index is 0.00487. The van der Waals surface area contributed by atoms with Crippen molar-refractivity contribution in [3.05, 3.63) is 27.7 Å². The number of hydrogen-bond acceptors (Lipinski definition) is 4. The van der Waals surface area contributed by atoms with Crippen LogP contribution >= 0.6 is 23.2 Å². The van der Waals surface area contributed by atoms with E-state index in [1.54, 1.807) is 0 Å². The smallest absolute Gasteiger partial charge is 0.337 e. The van der Waals surface area contributed by atoms with E-state index in [-0.39, 0.29) is 32.9 Å². The van der Waals surface area contributed by atoms with Crippen LogP contribution in [0.3, 0.4) is 0 Å². The largest absolute Gasteiger partial charge is 0.478 e. The minimum atomic E-state index is -3.68. The van der Waals surface area contributed by atoms with Gasteiger partial charge >= 0.3 is 5.97 Å². The van der Waals surface area contributed by atoms with Gasteiger partial charge in [-0.3, -0.25) is 0 Å². The second-order valence-electron chi connectivity index (χ2n) is 4.17. The zero-order valence-electron chi connectivity index (χ0n) is 10.5. The minimum Gasteiger partial charge on any atom is -0.478 e. The standard InChI is InChI=1S/C12H14Cl2O5S/c13-9-7-10(14)11(6-8(9)12(16)17)20(18,19)5-3-1-2-4-15/h6-7,15H,1-5H2,(H,16,17). The Hall–Kier alpha value is -0.820. The maximum absolute atomic E-state index is 12.1. The van der Waals surface area contributed by atoms with Crippen molar-refractivity contribution in [2.75, 3.05) is 12.4 Å². The molecule has 112 valence electrons. The summed E-state index contributed by atoms with van der Waals surface area (Å²) in [5.74, 6) is -1.48. The number of carboxylic acids is 1. The fourth-order valence-electron chi connectivity index (χ4n) is 1.62. The molecule has 1 aromatic carbocycles. The zero-order chi connectivity index (χ0) is 15.3. The lowest BCUT2D eigenvalue weighted by Gasteiger charge is -2.09. The Morgan fingerprint density at radius 2 is 1.75 bits per heavy atom. The van der Waals surface area contributed by atoms with E-state index >= 15 is 0 Å². The lowest BCUT2D eigenvalue weighted by atomic mass is 10.2. The lowest BCUT2D eigenvalue weighted by Crippen LogP contribution is -2.10. The van der Waals surface area contributed by atoms with E-state index in [1.165, 1.54) is 0 Å². The molecular formula is C12H14Cl2O5S. The van der Waals surface area contributed by atoms with Gasteiger partial charge in [-0.25, -0.2) is 13.2 Å². The predicted octanol–water partition coefficient (Wildman–Crippen LogP) is 2.63. The van der Waals surface area contributed by atoms with Crippen LogP contribution in [0, 0.1) is 0 Å². The van der Waals surface area contributed by atoms with Gasteiger partial charge in [-0.05, 0) is 25.0 Å². The van der Waals surface area contributed by atoms with Crippen LogP contribution in [0.15, 0.2) is 17.0 Å². The number of aliphatic hydroxyl groups is 1. The van der Waals surface area contributed by atoms with Crippen LogP contribution in [0.25, 0.3) is 0 Å². The topological polar surface area (TPSA) is 91.7 Å². The number of hydrogen-bond donors (Lipinski definition) is 2. The number of benzene rings is 1. The molecule has 5 nitrogen and oxygen atoms in total. The molecule has 1 aromatic rings. The van der Waals surface area contributed by atoms with Gasteiger partial charge in [0.1, 0.15) is 0 Å². The van der Waals surface area contributed by atoms with Crippen LogP contribution in [-0.2, 0) is 9.84 Å². The molecule has 0 heterocycles. The summed E-state index contributed by atoms with van der Waals surface area (Å²) < 4.78 is 24.2. The van der Waals surface area contributed by atoms with Crippen LogP contribution in [0.1, 0.15) is 29.6 Å². The van der Waals surface area contributed by atoms with E-state index in [0.717, 1.165) is 12.1 Å². The molecule has 0 aromatic heterocycles. The van der Waals surface area contributed by atoms with E-state index in [2.05, 4.69) is 0 Å². The first-order chi connectivity index (χ1) is 9.29. The van der Waals surface area contributed by atoms with Gasteiger partial charge in [-0.1, -0.05) is 29.6 Å². The first-order valence-electron chi connectivity index (χ1n) is 5.85. The van der Waals surface area contributed by atoms with E-state index in [9.17, 15) is 13.2 Å². The van der Waals surface area contributed by atoms with Crippen LogP contribution < -0.4 is 0 Å². The molecular weight excluding hydrogens is 327 g/mol. The van der Waals surface area contributed by atoms with E-state index in [4.69, 9.17) is 33.4 Å². The zero-order valence-corrected chi connectivity index (χ0v) is 12.8. The Bertz CT molecular complexity index is 598. The Balaban J connectivity index is 3.05. The summed E-state index contributed by atoms with van der Waals surface area (Å²) in [6, 6.07) is 2.10. The molecule has 8 heteroatoms. The van der Waals surface area contributed by atoms with Crippen molar-refractivity contribution in [2.24, 2.45) is 0 Å². The van der Waals surface area contributed by atoms with Crippen LogP contribution in [0.2, 0.25) is 10.0 Å². The van der Waals surface area contributed by atoms with Crippen molar-refractivity contribution >= 4 is 39.0 Å². The Labute approximate surface area is 127 Å². The molecule has 0 bridgehead atoms. The van der Waals surface area contributed by atoms with E-state index in [1.807, 2.05) is 0 Å². The Morgan fingerprint density at radius 1 is 1.10 bits per heavy atom.